The Morgan fingerprint density at radius 3 is 2.30 bits per heavy atom. The Balaban J connectivity index is 1.92. The van der Waals surface area contributed by atoms with E-state index in [1.165, 1.54) is 7.11 Å². The number of hydrogen-bond donors (Lipinski definition) is 1. The number of halogens is 2. The maximum Gasteiger partial charge on any atom is 0.261 e. The van der Waals surface area contributed by atoms with Crippen LogP contribution >= 0.6 is 23.2 Å². The van der Waals surface area contributed by atoms with Gasteiger partial charge in [-0.2, -0.15) is 0 Å². The van der Waals surface area contributed by atoms with Crippen molar-refractivity contribution in [1.82, 2.24) is 10.2 Å². The van der Waals surface area contributed by atoms with Crippen LogP contribution in [0.5, 0.6) is 11.5 Å². The largest absolute Gasteiger partial charge is 0.493 e. The van der Waals surface area contributed by atoms with E-state index in [1.54, 1.807) is 41.3 Å². The minimum absolute atomic E-state index is 0.156. The highest BCUT2D eigenvalue weighted by Crippen LogP contribution is 2.27. The van der Waals surface area contributed by atoms with Gasteiger partial charge in [0.25, 0.3) is 5.91 Å². The first-order chi connectivity index (χ1) is 17.9. The van der Waals surface area contributed by atoms with Gasteiger partial charge in [0, 0.05) is 19.5 Å². The lowest BCUT2D eigenvalue weighted by molar-refractivity contribution is -0.142. The number of ether oxygens (including phenoxy) is 2. The molecule has 0 radical (unpaired) electrons. The predicted molar refractivity (Wildman–Crippen MR) is 147 cm³/mol. The first kappa shape index (κ1) is 28.4. The number of para-hydroxylation sites is 2. The molecule has 3 rings (SSSR count). The molecule has 37 heavy (non-hydrogen) atoms. The molecule has 0 aliphatic heterocycles. The van der Waals surface area contributed by atoms with Gasteiger partial charge in [-0.3, -0.25) is 9.59 Å². The Kier molecular flexibility index (Phi) is 11.1. The number of amides is 2. The molecule has 0 unspecified atom stereocenters. The van der Waals surface area contributed by atoms with Crippen molar-refractivity contribution in [1.29, 1.82) is 0 Å². The van der Waals surface area contributed by atoms with Crippen LogP contribution in [0.3, 0.4) is 0 Å². The number of nitrogens with one attached hydrogen (secondary N) is 1. The van der Waals surface area contributed by atoms with Crippen LogP contribution in [-0.4, -0.2) is 43.0 Å². The molecular formula is C29H32Cl2N2O4. The second-order valence-corrected chi connectivity index (χ2v) is 9.37. The van der Waals surface area contributed by atoms with Gasteiger partial charge in [0.05, 0.1) is 17.2 Å². The highest BCUT2D eigenvalue weighted by atomic mass is 35.5. The van der Waals surface area contributed by atoms with Gasteiger partial charge in [0.1, 0.15) is 6.04 Å². The fourth-order valence-corrected chi connectivity index (χ4v) is 4.18. The number of hydrogen-bond acceptors (Lipinski definition) is 4. The van der Waals surface area contributed by atoms with Gasteiger partial charge in [-0.15, -0.1) is 0 Å². The lowest BCUT2D eigenvalue weighted by atomic mass is 10.0. The molecule has 0 heterocycles. The number of carbonyl (C=O) groups is 2. The molecule has 0 bridgehead atoms. The molecule has 8 heteroatoms. The summed E-state index contributed by atoms with van der Waals surface area (Å²) in [6.07, 6.45) is 2.14. The molecule has 6 nitrogen and oxygen atoms in total. The predicted octanol–water partition coefficient (Wildman–Crippen LogP) is 5.94. The minimum atomic E-state index is -0.762. The van der Waals surface area contributed by atoms with Crippen molar-refractivity contribution in [2.45, 2.75) is 38.8 Å². The maximum absolute atomic E-state index is 13.7. The van der Waals surface area contributed by atoms with Crippen molar-refractivity contribution < 1.29 is 19.1 Å². The normalized spacial score (nSPS) is 11.5. The van der Waals surface area contributed by atoms with Crippen molar-refractivity contribution in [3.8, 4) is 11.5 Å². The Morgan fingerprint density at radius 1 is 0.919 bits per heavy atom. The molecular weight excluding hydrogens is 511 g/mol. The van der Waals surface area contributed by atoms with E-state index in [-0.39, 0.29) is 25.0 Å². The van der Waals surface area contributed by atoms with E-state index in [0.717, 1.165) is 24.0 Å². The number of benzene rings is 3. The molecule has 2 amide bonds. The topological polar surface area (TPSA) is 67.9 Å². The van der Waals surface area contributed by atoms with Crippen molar-refractivity contribution in [2.75, 3.05) is 20.3 Å². The van der Waals surface area contributed by atoms with Crippen molar-refractivity contribution in [3.63, 3.8) is 0 Å². The highest BCUT2D eigenvalue weighted by molar-refractivity contribution is 6.42. The van der Waals surface area contributed by atoms with E-state index >= 15 is 0 Å². The molecule has 3 aromatic carbocycles. The molecule has 0 aliphatic carbocycles. The van der Waals surface area contributed by atoms with E-state index in [9.17, 15) is 9.59 Å². The van der Waals surface area contributed by atoms with E-state index in [1.807, 2.05) is 36.4 Å². The van der Waals surface area contributed by atoms with Crippen LogP contribution in [0.1, 0.15) is 30.9 Å². The molecule has 0 saturated heterocycles. The standard InChI is InChI=1S/C29H32Cl2N2O4/c1-3-4-16-32-29(35)25(18-21-10-6-5-7-11-21)33(19-22-14-15-23(30)24(31)17-22)28(34)20-37-27-13-9-8-12-26(27)36-2/h5-15,17,25H,3-4,16,18-20H2,1-2H3,(H,32,35)/t25-/m1/s1. The van der Waals surface area contributed by atoms with Gasteiger partial charge < -0.3 is 19.7 Å². The molecule has 0 aromatic heterocycles. The van der Waals surface area contributed by atoms with Gasteiger partial charge >= 0.3 is 0 Å². The molecule has 0 saturated carbocycles. The Bertz CT molecular complexity index is 1170. The summed E-state index contributed by atoms with van der Waals surface area (Å²) in [5.74, 6) is 0.399. The summed E-state index contributed by atoms with van der Waals surface area (Å²) in [5, 5.41) is 3.79. The summed E-state index contributed by atoms with van der Waals surface area (Å²) >= 11 is 12.4. The molecule has 196 valence electrons. The van der Waals surface area contributed by atoms with Gasteiger partial charge in [0.2, 0.25) is 5.91 Å². The first-order valence-electron chi connectivity index (χ1n) is 12.2. The fraction of sp³-hybridized carbons (Fsp3) is 0.310. The summed E-state index contributed by atoms with van der Waals surface area (Å²) in [7, 11) is 1.54. The van der Waals surface area contributed by atoms with Gasteiger partial charge in [-0.1, -0.05) is 85.1 Å². The van der Waals surface area contributed by atoms with E-state index < -0.39 is 6.04 Å². The second-order valence-electron chi connectivity index (χ2n) is 8.56. The lowest BCUT2D eigenvalue weighted by Gasteiger charge is -2.31. The smallest absolute Gasteiger partial charge is 0.261 e. The zero-order valence-corrected chi connectivity index (χ0v) is 22.6. The van der Waals surface area contributed by atoms with E-state index in [4.69, 9.17) is 32.7 Å². The second kappa shape index (κ2) is 14.5. The summed E-state index contributed by atoms with van der Waals surface area (Å²) in [4.78, 5) is 28.6. The monoisotopic (exact) mass is 542 g/mol. The van der Waals surface area contributed by atoms with Crippen LogP contribution in [0.4, 0.5) is 0 Å². The van der Waals surface area contributed by atoms with Crippen LogP contribution in [-0.2, 0) is 22.6 Å². The molecule has 0 spiro atoms. The van der Waals surface area contributed by atoms with E-state index in [0.29, 0.717) is 34.5 Å². The average molecular weight is 543 g/mol. The molecule has 1 N–H and O–H groups in total. The average Bonchev–Trinajstić information content (AvgIpc) is 2.92. The molecule has 3 aromatic rings. The third-order valence-electron chi connectivity index (χ3n) is 5.86. The Hall–Kier alpha value is -3.22. The van der Waals surface area contributed by atoms with Gasteiger partial charge in [-0.25, -0.2) is 0 Å². The van der Waals surface area contributed by atoms with Gasteiger partial charge in [-0.05, 0) is 41.8 Å². The molecule has 0 fully saturated rings. The molecule has 1 atom stereocenters. The van der Waals surface area contributed by atoms with Crippen LogP contribution in [0.15, 0.2) is 72.8 Å². The van der Waals surface area contributed by atoms with Crippen molar-refractivity contribution in [3.05, 3.63) is 94.0 Å². The number of unbranched alkanes of at least 4 members (excludes halogenated alkanes) is 1. The molecule has 0 aliphatic rings. The van der Waals surface area contributed by atoms with E-state index in [2.05, 4.69) is 12.2 Å². The zero-order chi connectivity index (χ0) is 26.6. The number of carbonyl (C=O) groups excluding carboxylic acids is 2. The number of nitrogens with zero attached hydrogens (tertiary/aromatic N) is 1. The Morgan fingerprint density at radius 2 is 1.62 bits per heavy atom. The quantitative estimate of drug-likeness (QED) is 0.271. The zero-order valence-electron chi connectivity index (χ0n) is 21.1. The van der Waals surface area contributed by atoms with Crippen LogP contribution in [0.2, 0.25) is 10.0 Å². The maximum atomic E-state index is 13.7. The first-order valence-corrected chi connectivity index (χ1v) is 13.0. The van der Waals surface area contributed by atoms with Gasteiger partial charge in [0.15, 0.2) is 18.1 Å². The summed E-state index contributed by atoms with van der Waals surface area (Å²) in [6.45, 7) is 2.48. The SMILES string of the molecule is CCCCNC(=O)[C@@H](Cc1ccccc1)N(Cc1ccc(Cl)c(Cl)c1)C(=O)COc1ccccc1OC. The third-order valence-corrected chi connectivity index (χ3v) is 6.60. The van der Waals surface area contributed by atoms with Crippen LogP contribution in [0, 0.1) is 0 Å². The van der Waals surface area contributed by atoms with Crippen LogP contribution < -0.4 is 14.8 Å². The van der Waals surface area contributed by atoms with Crippen LogP contribution in [0.25, 0.3) is 0 Å². The van der Waals surface area contributed by atoms with Crippen molar-refractivity contribution in [2.24, 2.45) is 0 Å². The highest BCUT2D eigenvalue weighted by Gasteiger charge is 2.31. The van der Waals surface area contributed by atoms with Crippen molar-refractivity contribution >= 4 is 35.0 Å². The number of rotatable bonds is 13. The number of methoxy groups -OCH3 is 1. The lowest BCUT2D eigenvalue weighted by Crippen LogP contribution is -2.51. The summed E-state index contributed by atoms with van der Waals surface area (Å²) < 4.78 is 11.2. The Labute approximate surface area is 228 Å². The minimum Gasteiger partial charge on any atom is -0.493 e. The fourth-order valence-electron chi connectivity index (χ4n) is 3.86. The third kappa shape index (κ3) is 8.41. The summed E-state index contributed by atoms with van der Waals surface area (Å²) in [6, 6.07) is 21.2. The summed E-state index contributed by atoms with van der Waals surface area (Å²) in [5.41, 5.74) is 1.69.